The Labute approximate surface area is 218 Å². The van der Waals surface area contributed by atoms with Crippen molar-refractivity contribution in [2.45, 2.75) is 78.1 Å². The number of hydrogen-bond acceptors (Lipinski definition) is 3. The van der Waals surface area contributed by atoms with Gasteiger partial charge >= 0.3 is 0 Å². The number of nitrogens with zero attached hydrogens (tertiary/aromatic N) is 1. The summed E-state index contributed by atoms with van der Waals surface area (Å²) in [6.45, 7) is 12.8. The normalized spacial score (nSPS) is 26.1. The van der Waals surface area contributed by atoms with Gasteiger partial charge in [0.25, 0.3) is 0 Å². The van der Waals surface area contributed by atoms with E-state index in [1.807, 2.05) is 12.1 Å². The molecule has 36 heavy (non-hydrogen) atoms. The second-order valence-corrected chi connectivity index (χ2v) is 12.5. The van der Waals surface area contributed by atoms with Gasteiger partial charge in [-0.05, 0) is 104 Å². The molecule has 4 heteroatoms. The monoisotopic (exact) mass is 494 g/mol. The van der Waals surface area contributed by atoms with E-state index in [-0.39, 0.29) is 11.2 Å². The molecule has 3 aliphatic carbocycles. The summed E-state index contributed by atoms with van der Waals surface area (Å²) in [5.41, 5.74) is 4.09. The van der Waals surface area contributed by atoms with Gasteiger partial charge in [-0.2, -0.15) is 0 Å². The third-order valence-corrected chi connectivity index (χ3v) is 8.99. The minimum atomic E-state index is -0.173. The first-order chi connectivity index (χ1) is 17.2. The van der Waals surface area contributed by atoms with Gasteiger partial charge in [-0.15, -0.1) is 0 Å². The molecule has 2 unspecified atom stereocenters. The third-order valence-electron chi connectivity index (χ3n) is 8.99. The fraction of sp³-hybridized carbons (Fsp3) is 0.625. The Bertz CT molecular complexity index is 1020. The number of halogens is 1. The molecule has 1 spiro atoms. The first-order valence-corrected chi connectivity index (χ1v) is 14.2. The molecular formula is C32H47FN2O. The predicted octanol–water partition coefficient (Wildman–Crippen LogP) is 7.64. The van der Waals surface area contributed by atoms with E-state index in [4.69, 9.17) is 0 Å². The van der Waals surface area contributed by atoms with Crippen LogP contribution in [-0.2, 0) is 11.8 Å². The van der Waals surface area contributed by atoms with Crippen LogP contribution in [-0.4, -0.2) is 36.7 Å². The maximum atomic E-state index is 13.0. The highest BCUT2D eigenvalue weighted by atomic mass is 19.1. The second-order valence-electron chi connectivity index (χ2n) is 12.5. The summed E-state index contributed by atoms with van der Waals surface area (Å²) in [6, 6.07) is 12.9. The highest BCUT2D eigenvalue weighted by Crippen LogP contribution is 2.64. The molecule has 198 valence electrons. The Balaban J connectivity index is 0.000000214. The summed E-state index contributed by atoms with van der Waals surface area (Å²) < 4.78 is 13.0. The van der Waals surface area contributed by atoms with Gasteiger partial charge in [0.05, 0.1) is 5.69 Å². The third kappa shape index (κ3) is 5.74. The van der Waals surface area contributed by atoms with E-state index in [0.717, 1.165) is 31.2 Å². The molecule has 3 nitrogen and oxygen atoms in total. The summed E-state index contributed by atoms with van der Waals surface area (Å²) in [5.74, 6) is 2.67. The highest BCUT2D eigenvalue weighted by Gasteiger charge is 2.59. The molecule has 0 radical (unpaired) electrons. The van der Waals surface area contributed by atoms with Crippen LogP contribution in [0.2, 0.25) is 0 Å². The molecule has 0 aromatic heterocycles. The second kappa shape index (κ2) is 11.1. The van der Waals surface area contributed by atoms with E-state index in [2.05, 4.69) is 57.1 Å². The van der Waals surface area contributed by atoms with Gasteiger partial charge in [-0.25, -0.2) is 4.39 Å². The SMILES string of the molecule is CCCCNc1ccccc1F.C[C@H]1CC(C)(C)C2(C1)c1cc(O)ccc1CC2CN(C)CC1CC1. The average molecular weight is 495 g/mol. The van der Waals surface area contributed by atoms with E-state index >= 15 is 0 Å². The molecule has 3 aliphatic rings. The molecule has 3 atom stereocenters. The standard InChI is InChI=1S/C22H33NO.C10H14FN/c1-15-11-21(2,3)22(12-15)18(14-23(4)13-16-5-6-16)9-17-7-8-19(24)10-20(17)22;1-2-3-8-12-10-7-5-4-6-9(10)11/h7-8,10,15-16,18,24H,5-6,9,11-14H2,1-4H3;4-7,12H,2-3,8H2,1H3/t15-,18?,22?;/m0./s1. The van der Waals surface area contributed by atoms with E-state index in [1.165, 1.54) is 62.4 Å². The summed E-state index contributed by atoms with van der Waals surface area (Å²) in [7, 11) is 2.32. The number of benzene rings is 2. The van der Waals surface area contributed by atoms with Crippen LogP contribution in [0, 0.1) is 29.0 Å². The first kappa shape index (κ1) is 27.0. The van der Waals surface area contributed by atoms with Gasteiger partial charge in [0.15, 0.2) is 0 Å². The molecule has 2 fully saturated rings. The maximum Gasteiger partial charge on any atom is 0.146 e. The van der Waals surface area contributed by atoms with Crippen LogP contribution >= 0.6 is 0 Å². The van der Waals surface area contributed by atoms with Crippen molar-refractivity contribution in [3.8, 4) is 5.75 Å². The summed E-state index contributed by atoms with van der Waals surface area (Å²) in [4.78, 5) is 2.59. The Kier molecular flexibility index (Phi) is 8.34. The van der Waals surface area contributed by atoms with E-state index < -0.39 is 0 Å². The van der Waals surface area contributed by atoms with Gasteiger partial charge in [-0.3, -0.25) is 0 Å². The van der Waals surface area contributed by atoms with Gasteiger partial charge in [0.2, 0.25) is 0 Å². The van der Waals surface area contributed by atoms with Crippen molar-refractivity contribution in [1.29, 1.82) is 0 Å². The topological polar surface area (TPSA) is 35.5 Å². The molecular weight excluding hydrogens is 447 g/mol. The Morgan fingerprint density at radius 3 is 2.47 bits per heavy atom. The minimum Gasteiger partial charge on any atom is -0.508 e. The molecule has 2 saturated carbocycles. The molecule has 0 saturated heterocycles. The minimum absolute atomic E-state index is 0.173. The first-order valence-electron chi connectivity index (χ1n) is 14.2. The lowest BCUT2D eigenvalue weighted by molar-refractivity contribution is 0.107. The number of unbranched alkanes of at least 4 members (excludes halogenated alkanes) is 1. The van der Waals surface area contributed by atoms with E-state index in [0.29, 0.717) is 22.8 Å². The molecule has 5 rings (SSSR count). The lowest BCUT2D eigenvalue weighted by atomic mass is 9.60. The van der Waals surface area contributed by atoms with Gasteiger partial charge in [0, 0.05) is 25.0 Å². The number of fused-ring (bicyclic) bond motifs is 2. The van der Waals surface area contributed by atoms with Gasteiger partial charge in [-0.1, -0.05) is 52.3 Å². The Morgan fingerprint density at radius 1 is 1.08 bits per heavy atom. The molecule has 0 heterocycles. The van der Waals surface area contributed by atoms with Crippen molar-refractivity contribution in [2.24, 2.45) is 23.2 Å². The van der Waals surface area contributed by atoms with Crippen molar-refractivity contribution in [1.82, 2.24) is 4.90 Å². The van der Waals surface area contributed by atoms with Crippen molar-refractivity contribution < 1.29 is 9.50 Å². The zero-order chi connectivity index (χ0) is 25.9. The highest BCUT2D eigenvalue weighted by molar-refractivity contribution is 5.48. The van der Waals surface area contributed by atoms with Crippen LogP contribution in [0.1, 0.15) is 77.3 Å². The van der Waals surface area contributed by atoms with Crippen molar-refractivity contribution in [3.63, 3.8) is 0 Å². The number of para-hydroxylation sites is 1. The molecule has 0 bridgehead atoms. The summed E-state index contributed by atoms with van der Waals surface area (Å²) >= 11 is 0. The van der Waals surface area contributed by atoms with Crippen LogP contribution in [0.4, 0.5) is 10.1 Å². The van der Waals surface area contributed by atoms with Crippen molar-refractivity contribution in [3.05, 3.63) is 59.4 Å². The number of phenols is 1. The van der Waals surface area contributed by atoms with Crippen molar-refractivity contribution in [2.75, 3.05) is 32.0 Å². The number of aromatic hydroxyl groups is 1. The average Bonchev–Trinajstić information content (AvgIpc) is 3.52. The zero-order valence-electron chi connectivity index (χ0n) is 23.1. The Hall–Kier alpha value is -2.07. The fourth-order valence-corrected chi connectivity index (χ4v) is 7.38. The number of rotatable bonds is 8. The number of hydrogen-bond donors (Lipinski definition) is 2. The van der Waals surface area contributed by atoms with Crippen LogP contribution < -0.4 is 5.32 Å². The van der Waals surface area contributed by atoms with Gasteiger partial charge in [0.1, 0.15) is 11.6 Å². The van der Waals surface area contributed by atoms with Gasteiger partial charge < -0.3 is 15.3 Å². The van der Waals surface area contributed by atoms with E-state index in [1.54, 1.807) is 12.1 Å². The van der Waals surface area contributed by atoms with E-state index in [9.17, 15) is 9.50 Å². The molecule has 2 N–H and O–H groups in total. The lowest BCUT2D eigenvalue weighted by Crippen LogP contribution is -2.46. The van der Waals surface area contributed by atoms with Crippen molar-refractivity contribution >= 4 is 5.69 Å². The Morgan fingerprint density at radius 2 is 1.83 bits per heavy atom. The fourth-order valence-electron chi connectivity index (χ4n) is 7.38. The lowest BCUT2D eigenvalue weighted by Gasteiger charge is -2.45. The van der Waals surface area contributed by atoms with Crippen LogP contribution in [0.25, 0.3) is 0 Å². The zero-order valence-corrected chi connectivity index (χ0v) is 23.1. The van der Waals surface area contributed by atoms with Crippen LogP contribution in [0.3, 0.4) is 0 Å². The molecule has 0 aliphatic heterocycles. The largest absolute Gasteiger partial charge is 0.508 e. The number of anilines is 1. The summed E-state index contributed by atoms with van der Waals surface area (Å²) in [5, 5.41) is 13.2. The van der Waals surface area contributed by atoms with Crippen LogP contribution in [0.5, 0.6) is 5.75 Å². The quantitative estimate of drug-likeness (QED) is 0.370. The van der Waals surface area contributed by atoms with Crippen LogP contribution in [0.15, 0.2) is 42.5 Å². The number of nitrogens with one attached hydrogen (secondary N) is 1. The number of phenolic OH excluding ortho intramolecular Hbond substituents is 1. The molecule has 2 aromatic carbocycles. The predicted molar refractivity (Wildman–Crippen MR) is 149 cm³/mol. The summed E-state index contributed by atoms with van der Waals surface area (Å²) in [6.07, 6.45) is 8.81. The maximum absolute atomic E-state index is 13.0. The molecule has 0 amide bonds. The smallest absolute Gasteiger partial charge is 0.146 e. The molecule has 2 aromatic rings.